The van der Waals surface area contributed by atoms with E-state index in [0.717, 1.165) is 10.2 Å². The van der Waals surface area contributed by atoms with Gasteiger partial charge in [0, 0.05) is 0 Å². The Morgan fingerprint density at radius 3 is 2.37 bits per heavy atom. The van der Waals surface area contributed by atoms with E-state index in [-0.39, 0.29) is 0 Å². The van der Waals surface area contributed by atoms with Gasteiger partial charge in [-0.15, -0.1) is 0 Å². The van der Waals surface area contributed by atoms with Gasteiger partial charge in [0.25, 0.3) is 0 Å². The Labute approximate surface area is 121 Å². The Bertz CT molecular complexity index is 720. The maximum absolute atomic E-state index is 5.32. The van der Waals surface area contributed by atoms with Gasteiger partial charge in [0.2, 0.25) is 0 Å². The van der Waals surface area contributed by atoms with Gasteiger partial charge in [0.15, 0.2) is 0 Å². The second kappa shape index (κ2) is 5.06. The van der Waals surface area contributed by atoms with Crippen molar-refractivity contribution in [1.82, 2.24) is 0 Å². The first kappa shape index (κ1) is 12.2. The summed E-state index contributed by atoms with van der Waals surface area (Å²) in [6, 6.07) is 21.0. The number of hydrogen-bond acceptors (Lipinski definition) is 1. The minimum atomic E-state index is 0.861. The lowest BCUT2D eigenvalue weighted by atomic mass is 10.0. The second-order valence-electron chi connectivity index (χ2n) is 4.38. The standard InChI is InChI=1S/C17H13BrO/c1-19-16-10-8-14-11-13(7-9-15(14)17(16)18)12-5-3-2-4-6-12/h2-11H,1H3. The molecule has 0 aliphatic carbocycles. The number of ether oxygens (including phenoxy) is 1. The maximum Gasteiger partial charge on any atom is 0.133 e. The van der Waals surface area contributed by atoms with E-state index in [9.17, 15) is 0 Å². The molecule has 0 aliphatic rings. The van der Waals surface area contributed by atoms with Crippen LogP contribution < -0.4 is 4.74 Å². The molecule has 0 amide bonds. The monoisotopic (exact) mass is 312 g/mol. The van der Waals surface area contributed by atoms with Crippen LogP contribution in [-0.2, 0) is 0 Å². The molecule has 0 atom stereocenters. The molecular weight excluding hydrogens is 300 g/mol. The number of hydrogen-bond donors (Lipinski definition) is 0. The SMILES string of the molecule is COc1ccc2cc(-c3ccccc3)ccc2c1Br. The Balaban J connectivity index is 2.18. The zero-order valence-corrected chi connectivity index (χ0v) is 12.1. The van der Waals surface area contributed by atoms with Gasteiger partial charge in [-0.05, 0) is 50.0 Å². The molecule has 0 radical (unpaired) electrons. The Hall–Kier alpha value is -1.80. The molecule has 1 nitrogen and oxygen atoms in total. The fourth-order valence-electron chi connectivity index (χ4n) is 2.24. The highest BCUT2D eigenvalue weighted by Gasteiger charge is 2.06. The van der Waals surface area contributed by atoms with Crippen LogP contribution in [0.4, 0.5) is 0 Å². The third kappa shape index (κ3) is 2.24. The summed E-state index contributed by atoms with van der Waals surface area (Å²) in [5.74, 6) is 0.861. The summed E-state index contributed by atoms with van der Waals surface area (Å²) in [4.78, 5) is 0. The van der Waals surface area contributed by atoms with E-state index in [1.165, 1.54) is 21.9 Å². The molecule has 19 heavy (non-hydrogen) atoms. The molecule has 0 bridgehead atoms. The average molecular weight is 313 g/mol. The van der Waals surface area contributed by atoms with Gasteiger partial charge in [-0.3, -0.25) is 0 Å². The highest BCUT2D eigenvalue weighted by Crippen LogP contribution is 2.34. The molecule has 0 unspecified atom stereocenters. The van der Waals surface area contributed by atoms with Crippen molar-refractivity contribution in [3.05, 3.63) is 65.1 Å². The van der Waals surface area contributed by atoms with E-state index >= 15 is 0 Å². The number of rotatable bonds is 2. The molecule has 3 aromatic rings. The third-order valence-electron chi connectivity index (χ3n) is 3.25. The largest absolute Gasteiger partial charge is 0.496 e. The van der Waals surface area contributed by atoms with Crippen molar-refractivity contribution in [2.75, 3.05) is 7.11 Å². The lowest BCUT2D eigenvalue weighted by Gasteiger charge is -2.08. The van der Waals surface area contributed by atoms with Gasteiger partial charge < -0.3 is 4.74 Å². The molecule has 0 fully saturated rings. The van der Waals surface area contributed by atoms with E-state index in [1.807, 2.05) is 12.1 Å². The van der Waals surface area contributed by atoms with Crippen molar-refractivity contribution in [3.63, 3.8) is 0 Å². The van der Waals surface area contributed by atoms with E-state index < -0.39 is 0 Å². The zero-order valence-electron chi connectivity index (χ0n) is 10.6. The minimum absolute atomic E-state index is 0.861. The topological polar surface area (TPSA) is 9.23 Å². The van der Waals surface area contributed by atoms with Gasteiger partial charge >= 0.3 is 0 Å². The third-order valence-corrected chi connectivity index (χ3v) is 4.06. The molecule has 0 saturated carbocycles. The van der Waals surface area contributed by atoms with Crippen molar-refractivity contribution in [2.45, 2.75) is 0 Å². The molecule has 0 N–H and O–H groups in total. The molecule has 0 spiro atoms. The van der Waals surface area contributed by atoms with E-state index in [1.54, 1.807) is 7.11 Å². The highest BCUT2D eigenvalue weighted by atomic mass is 79.9. The molecule has 94 valence electrons. The molecule has 3 aromatic carbocycles. The predicted molar refractivity (Wildman–Crippen MR) is 83.6 cm³/mol. The molecule has 0 heterocycles. The molecule has 0 aliphatic heterocycles. The molecular formula is C17H13BrO. The van der Waals surface area contributed by atoms with Crippen LogP contribution in [0.2, 0.25) is 0 Å². The molecule has 0 saturated heterocycles. The number of fused-ring (bicyclic) bond motifs is 1. The fourth-order valence-corrected chi connectivity index (χ4v) is 2.89. The van der Waals surface area contributed by atoms with Crippen LogP contribution in [0.5, 0.6) is 5.75 Å². The van der Waals surface area contributed by atoms with Crippen molar-refractivity contribution in [3.8, 4) is 16.9 Å². The summed E-state index contributed by atoms with van der Waals surface area (Å²) in [5, 5.41) is 2.37. The van der Waals surface area contributed by atoms with Crippen LogP contribution in [0, 0.1) is 0 Å². The number of halogens is 1. The Morgan fingerprint density at radius 1 is 0.842 bits per heavy atom. The predicted octanol–water partition coefficient (Wildman–Crippen LogP) is 5.28. The smallest absolute Gasteiger partial charge is 0.133 e. The van der Waals surface area contributed by atoms with Crippen LogP contribution in [0.25, 0.3) is 21.9 Å². The number of methoxy groups -OCH3 is 1. The Morgan fingerprint density at radius 2 is 1.63 bits per heavy atom. The van der Waals surface area contributed by atoms with E-state index in [0.29, 0.717) is 0 Å². The normalized spacial score (nSPS) is 10.6. The summed E-state index contributed by atoms with van der Waals surface area (Å²) in [6.07, 6.45) is 0. The molecule has 0 aromatic heterocycles. The first-order valence-corrected chi connectivity index (χ1v) is 6.90. The van der Waals surface area contributed by atoms with Crippen molar-refractivity contribution in [2.24, 2.45) is 0 Å². The van der Waals surface area contributed by atoms with Crippen molar-refractivity contribution in [1.29, 1.82) is 0 Å². The first-order chi connectivity index (χ1) is 9.29. The quantitative estimate of drug-likeness (QED) is 0.625. The van der Waals surface area contributed by atoms with Gasteiger partial charge in [0.05, 0.1) is 11.6 Å². The van der Waals surface area contributed by atoms with E-state index in [2.05, 4.69) is 64.5 Å². The first-order valence-electron chi connectivity index (χ1n) is 6.11. The molecule has 3 rings (SSSR count). The lowest BCUT2D eigenvalue weighted by Crippen LogP contribution is -1.86. The van der Waals surface area contributed by atoms with Crippen LogP contribution >= 0.6 is 15.9 Å². The van der Waals surface area contributed by atoms with Gasteiger partial charge in [0.1, 0.15) is 5.75 Å². The highest BCUT2D eigenvalue weighted by molar-refractivity contribution is 9.10. The van der Waals surface area contributed by atoms with Gasteiger partial charge in [-0.25, -0.2) is 0 Å². The number of benzene rings is 3. The van der Waals surface area contributed by atoms with Gasteiger partial charge in [-0.2, -0.15) is 0 Å². The zero-order chi connectivity index (χ0) is 13.2. The Kier molecular flexibility index (Phi) is 3.26. The van der Waals surface area contributed by atoms with E-state index in [4.69, 9.17) is 4.74 Å². The van der Waals surface area contributed by atoms with Crippen LogP contribution in [-0.4, -0.2) is 7.11 Å². The lowest BCUT2D eigenvalue weighted by molar-refractivity contribution is 0.413. The summed E-state index contributed by atoms with van der Waals surface area (Å²) in [6.45, 7) is 0. The van der Waals surface area contributed by atoms with Crippen LogP contribution in [0.1, 0.15) is 0 Å². The minimum Gasteiger partial charge on any atom is -0.496 e. The summed E-state index contributed by atoms with van der Waals surface area (Å²) >= 11 is 3.60. The average Bonchev–Trinajstić information content (AvgIpc) is 2.48. The summed E-state index contributed by atoms with van der Waals surface area (Å²) in [7, 11) is 1.68. The summed E-state index contributed by atoms with van der Waals surface area (Å²) < 4.78 is 6.33. The van der Waals surface area contributed by atoms with Crippen molar-refractivity contribution < 1.29 is 4.74 Å². The second-order valence-corrected chi connectivity index (χ2v) is 5.18. The fraction of sp³-hybridized carbons (Fsp3) is 0.0588. The van der Waals surface area contributed by atoms with Crippen molar-refractivity contribution >= 4 is 26.7 Å². The maximum atomic E-state index is 5.32. The van der Waals surface area contributed by atoms with Crippen LogP contribution in [0.3, 0.4) is 0 Å². The van der Waals surface area contributed by atoms with Crippen LogP contribution in [0.15, 0.2) is 65.1 Å². The summed E-state index contributed by atoms with van der Waals surface area (Å²) in [5.41, 5.74) is 2.46. The molecule has 2 heteroatoms. The van der Waals surface area contributed by atoms with Gasteiger partial charge in [-0.1, -0.05) is 48.5 Å².